The van der Waals surface area contributed by atoms with E-state index in [0.29, 0.717) is 26.3 Å². The predicted octanol–water partition coefficient (Wildman–Crippen LogP) is -0.792. The van der Waals surface area contributed by atoms with Crippen molar-refractivity contribution in [2.45, 2.75) is 19.6 Å². The third kappa shape index (κ3) is 1.40. The minimum atomic E-state index is 0.0140. The summed E-state index contributed by atoms with van der Waals surface area (Å²) in [7, 11) is 0. The molecule has 2 heterocycles. The van der Waals surface area contributed by atoms with Crippen molar-refractivity contribution in [2.75, 3.05) is 13.2 Å². The maximum Gasteiger partial charge on any atom is 0.272 e. The first-order valence-electron chi connectivity index (χ1n) is 4.41. The molecule has 5 nitrogen and oxygen atoms in total. The minimum absolute atomic E-state index is 0.0140. The van der Waals surface area contributed by atoms with Crippen LogP contribution in [0.2, 0.25) is 0 Å². The number of nitrogens with one attached hydrogen (secondary N) is 1. The van der Waals surface area contributed by atoms with Crippen LogP contribution in [-0.4, -0.2) is 22.9 Å². The normalized spacial score (nSPS) is 15.8. The molecule has 0 spiro atoms. The van der Waals surface area contributed by atoms with Crippen LogP contribution in [0.5, 0.6) is 0 Å². The zero-order valence-corrected chi connectivity index (χ0v) is 7.38. The summed E-state index contributed by atoms with van der Waals surface area (Å²) in [6.45, 7) is 2.14. The lowest BCUT2D eigenvalue weighted by atomic mass is 10.2. The van der Waals surface area contributed by atoms with E-state index in [9.17, 15) is 4.79 Å². The number of aromatic nitrogens is 2. The lowest BCUT2D eigenvalue weighted by Gasteiger charge is -2.08. The molecule has 0 aromatic carbocycles. The average Bonchev–Trinajstić information content (AvgIpc) is 2.46. The van der Waals surface area contributed by atoms with Crippen LogP contribution in [0.4, 0.5) is 0 Å². The van der Waals surface area contributed by atoms with Gasteiger partial charge in [0, 0.05) is 18.7 Å². The summed E-state index contributed by atoms with van der Waals surface area (Å²) in [6, 6.07) is 0. The van der Waals surface area contributed by atoms with Gasteiger partial charge in [-0.25, -0.2) is 0 Å². The molecule has 1 aliphatic heterocycles. The average molecular weight is 183 g/mol. The first-order valence-corrected chi connectivity index (χ1v) is 4.41. The molecule has 2 rings (SSSR count). The highest BCUT2D eigenvalue weighted by Crippen LogP contribution is 2.09. The smallest absolute Gasteiger partial charge is 0.272 e. The Morgan fingerprint density at radius 1 is 1.62 bits per heavy atom. The van der Waals surface area contributed by atoms with Gasteiger partial charge in [-0.1, -0.05) is 0 Å². The van der Waals surface area contributed by atoms with Gasteiger partial charge in [0.2, 0.25) is 0 Å². The van der Waals surface area contributed by atoms with Crippen LogP contribution in [0.25, 0.3) is 0 Å². The van der Waals surface area contributed by atoms with E-state index in [1.165, 1.54) is 0 Å². The number of nitrogens with zero attached hydrogens (tertiary/aromatic N) is 1. The van der Waals surface area contributed by atoms with Gasteiger partial charge in [0.1, 0.15) is 0 Å². The topological polar surface area (TPSA) is 73.0 Å². The number of rotatable bonds is 2. The Labute approximate surface area is 75.5 Å². The fraction of sp³-hybridized carbons (Fsp3) is 0.625. The Hall–Kier alpha value is -1.07. The van der Waals surface area contributed by atoms with E-state index in [1.807, 2.05) is 0 Å². The Bertz CT molecular complexity index is 353. The monoisotopic (exact) mass is 183 g/mol. The number of ether oxygens (including phenoxy) is 1. The van der Waals surface area contributed by atoms with Crippen molar-refractivity contribution in [3.05, 3.63) is 21.6 Å². The van der Waals surface area contributed by atoms with E-state index in [2.05, 4.69) is 5.10 Å². The van der Waals surface area contributed by atoms with E-state index < -0.39 is 0 Å². The van der Waals surface area contributed by atoms with E-state index in [0.717, 1.165) is 17.7 Å². The molecule has 0 unspecified atom stereocenters. The van der Waals surface area contributed by atoms with E-state index >= 15 is 0 Å². The third-order valence-corrected chi connectivity index (χ3v) is 2.23. The van der Waals surface area contributed by atoms with Crippen LogP contribution in [0.15, 0.2) is 4.79 Å². The minimum Gasteiger partial charge on any atom is -0.376 e. The molecule has 0 saturated heterocycles. The highest BCUT2D eigenvalue weighted by atomic mass is 16.5. The molecule has 0 saturated carbocycles. The second-order valence-electron chi connectivity index (χ2n) is 3.12. The number of hydrogen-bond acceptors (Lipinski definition) is 3. The summed E-state index contributed by atoms with van der Waals surface area (Å²) < 4.78 is 6.76. The van der Waals surface area contributed by atoms with Gasteiger partial charge in [-0.05, 0) is 0 Å². The maximum atomic E-state index is 11.6. The number of fused-ring (bicyclic) bond motifs is 1. The van der Waals surface area contributed by atoms with Crippen molar-refractivity contribution >= 4 is 0 Å². The lowest BCUT2D eigenvalue weighted by Crippen LogP contribution is -2.23. The quantitative estimate of drug-likeness (QED) is 0.631. The molecular formula is C8H13N3O2. The fourth-order valence-corrected chi connectivity index (χ4v) is 1.56. The zero-order chi connectivity index (χ0) is 9.26. The molecular weight excluding hydrogens is 170 g/mol. The number of hydrogen-bond donors (Lipinski definition) is 2. The molecule has 0 aliphatic carbocycles. The molecule has 1 aliphatic rings. The van der Waals surface area contributed by atoms with Crippen LogP contribution >= 0.6 is 0 Å². The van der Waals surface area contributed by atoms with Crippen LogP contribution < -0.4 is 11.3 Å². The predicted molar refractivity (Wildman–Crippen MR) is 47.5 cm³/mol. The van der Waals surface area contributed by atoms with Gasteiger partial charge in [-0.2, -0.15) is 0 Å². The second kappa shape index (κ2) is 3.35. The van der Waals surface area contributed by atoms with E-state index in [1.54, 1.807) is 4.68 Å². The second-order valence-corrected chi connectivity index (χ2v) is 3.12. The molecule has 13 heavy (non-hydrogen) atoms. The summed E-state index contributed by atoms with van der Waals surface area (Å²) in [4.78, 5) is 11.6. The highest BCUT2D eigenvalue weighted by Gasteiger charge is 2.17. The first-order chi connectivity index (χ1) is 6.33. The standard InChI is InChI=1S/C8H13N3O2/c9-2-3-11-8(12)6-5-13-4-1-7(6)10-11/h10H,1-5,9H2. The Morgan fingerprint density at radius 2 is 2.46 bits per heavy atom. The third-order valence-electron chi connectivity index (χ3n) is 2.23. The summed E-state index contributed by atoms with van der Waals surface area (Å²) in [5, 5.41) is 3.05. The van der Waals surface area contributed by atoms with Gasteiger partial charge in [-0.15, -0.1) is 0 Å². The number of H-pyrrole nitrogens is 1. The summed E-state index contributed by atoms with van der Waals surface area (Å²) in [5.74, 6) is 0. The van der Waals surface area contributed by atoms with Crippen LogP contribution in [0, 0.1) is 0 Å². The van der Waals surface area contributed by atoms with Crippen molar-refractivity contribution in [1.82, 2.24) is 9.78 Å². The molecule has 5 heteroatoms. The van der Waals surface area contributed by atoms with Crippen LogP contribution in [0.3, 0.4) is 0 Å². The first kappa shape index (κ1) is 8.52. The van der Waals surface area contributed by atoms with Crippen molar-refractivity contribution in [3.63, 3.8) is 0 Å². The highest BCUT2D eigenvalue weighted by molar-refractivity contribution is 5.18. The summed E-state index contributed by atoms with van der Waals surface area (Å²) in [5.41, 5.74) is 7.16. The molecule has 0 fully saturated rings. The SMILES string of the molecule is NCCn1[nH]c2c(c1=O)COCC2. The van der Waals surface area contributed by atoms with Gasteiger partial charge in [0.25, 0.3) is 5.56 Å². The molecule has 1 aromatic heterocycles. The Morgan fingerprint density at radius 3 is 3.15 bits per heavy atom. The Balaban J connectivity index is 2.39. The van der Waals surface area contributed by atoms with Crippen molar-refractivity contribution in [1.29, 1.82) is 0 Å². The maximum absolute atomic E-state index is 11.6. The van der Waals surface area contributed by atoms with Crippen molar-refractivity contribution in [3.8, 4) is 0 Å². The summed E-state index contributed by atoms with van der Waals surface area (Å²) in [6.07, 6.45) is 0.794. The van der Waals surface area contributed by atoms with E-state index in [4.69, 9.17) is 10.5 Å². The van der Waals surface area contributed by atoms with Gasteiger partial charge in [0.05, 0.1) is 25.3 Å². The van der Waals surface area contributed by atoms with Crippen LogP contribution in [-0.2, 0) is 24.3 Å². The Kier molecular flexibility index (Phi) is 2.20. The van der Waals surface area contributed by atoms with Crippen LogP contribution in [0.1, 0.15) is 11.3 Å². The number of aromatic amines is 1. The summed E-state index contributed by atoms with van der Waals surface area (Å²) >= 11 is 0. The fourth-order valence-electron chi connectivity index (χ4n) is 1.56. The molecule has 0 radical (unpaired) electrons. The molecule has 0 bridgehead atoms. The van der Waals surface area contributed by atoms with Gasteiger partial charge in [-0.3, -0.25) is 14.6 Å². The van der Waals surface area contributed by atoms with Gasteiger partial charge in [0.15, 0.2) is 0 Å². The largest absolute Gasteiger partial charge is 0.376 e. The van der Waals surface area contributed by atoms with E-state index in [-0.39, 0.29) is 5.56 Å². The number of nitrogens with two attached hydrogens (primary N) is 1. The molecule has 3 N–H and O–H groups in total. The molecule has 0 atom stereocenters. The molecule has 72 valence electrons. The van der Waals surface area contributed by atoms with Gasteiger partial charge >= 0.3 is 0 Å². The zero-order valence-electron chi connectivity index (χ0n) is 7.38. The van der Waals surface area contributed by atoms with Crippen molar-refractivity contribution < 1.29 is 4.74 Å². The molecule has 0 amide bonds. The van der Waals surface area contributed by atoms with Crippen molar-refractivity contribution in [2.24, 2.45) is 5.73 Å². The van der Waals surface area contributed by atoms with Gasteiger partial charge < -0.3 is 10.5 Å². The molecule has 1 aromatic rings. The lowest BCUT2D eigenvalue weighted by molar-refractivity contribution is 0.109.